The molecule has 0 saturated carbocycles. The molecule has 4 nitrogen and oxygen atoms in total. The van der Waals surface area contributed by atoms with Gasteiger partial charge in [-0.3, -0.25) is 9.59 Å². The van der Waals surface area contributed by atoms with Gasteiger partial charge >= 0.3 is 11.9 Å². The Balaban J connectivity index is 2.20. The van der Waals surface area contributed by atoms with Crippen LogP contribution >= 0.6 is 23.5 Å². The summed E-state index contributed by atoms with van der Waals surface area (Å²) in [6.45, 7) is 0. The van der Waals surface area contributed by atoms with Crippen LogP contribution in [0.3, 0.4) is 0 Å². The fourth-order valence-electron chi connectivity index (χ4n) is 1.80. The zero-order chi connectivity index (χ0) is 13.8. The van der Waals surface area contributed by atoms with Gasteiger partial charge in [0, 0.05) is 0 Å². The Morgan fingerprint density at radius 3 is 1.84 bits per heavy atom. The number of hydrogen-bond acceptors (Lipinski definition) is 6. The monoisotopic (exact) mass is 298 g/mol. The number of methoxy groups -OCH3 is 2. The lowest BCUT2D eigenvalue weighted by Gasteiger charge is -2.12. The van der Waals surface area contributed by atoms with Crippen LogP contribution < -0.4 is 0 Å². The first-order valence-corrected chi connectivity index (χ1v) is 7.57. The summed E-state index contributed by atoms with van der Waals surface area (Å²) in [6, 6.07) is 9.78. The van der Waals surface area contributed by atoms with Crippen molar-refractivity contribution in [2.24, 2.45) is 0 Å². The zero-order valence-corrected chi connectivity index (χ0v) is 12.2. The molecule has 2 rings (SSSR count). The highest BCUT2D eigenvalue weighted by molar-refractivity contribution is 8.21. The van der Waals surface area contributed by atoms with E-state index in [2.05, 4.69) is 0 Å². The van der Waals surface area contributed by atoms with Gasteiger partial charge in [-0.05, 0) is 5.56 Å². The molecule has 0 aliphatic carbocycles. The van der Waals surface area contributed by atoms with Gasteiger partial charge in [-0.15, -0.1) is 23.5 Å². The van der Waals surface area contributed by atoms with E-state index in [9.17, 15) is 9.59 Å². The van der Waals surface area contributed by atoms with Crippen LogP contribution in [-0.4, -0.2) is 36.7 Å². The first-order valence-electron chi connectivity index (χ1n) is 5.69. The molecule has 1 aliphatic rings. The van der Waals surface area contributed by atoms with E-state index < -0.39 is 10.5 Å². The lowest BCUT2D eigenvalue weighted by molar-refractivity contribution is -0.145. The molecule has 102 valence electrons. The molecule has 2 unspecified atom stereocenters. The van der Waals surface area contributed by atoms with Gasteiger partial charge in [0.05, 0.1) is 18.8 Å². The Labute approximate surface area is 120 Å². The topological polar surface area (TPSA) is 52.6 Å². The number of hydrogen-bond donors (Lipinski definition) is 0. The van der Waals surface area contributed by atoms with E-state index in [0.29, 0.717) is 0 Å². The number of carbonyl (C=O) groups is 2. The predicted octanol–water partition coefficient (Wildman–Crippen LogP) is 2.25. The molecule has 1 aromatic rings. The quantitative estimate of drug-likeness (QED) is 0.798. The lowest BCUT2D eigenvalue weighted by Crippen LogP contribution is -2.33. The van der Waals surface area contributed by atoms with E-state index >= 15 is 0 Å². The van der Waals surface area contributed by atoms with Crippen LogP contribution in [0.15, 0.2) is 30.3 Å². The maximum absolute atomic E-state index is 11.8. The summed E-state index contributed by atoms with van der Waals surface area (Å²) in [5, 5.41) is -1.04. The molecule has 0 amide bonds. The Bertz CT molecular complexity index is 439. The highest BCUT2D eigenvalue weighted by Gasteiger charge is 2.46. The Hall–Kier alpha value is -1.14. The Kier molecular flexibility index (Phi) is 4.76. The molecule has 0 aromatic heterocycles. The minimum atomic E-state index is -0.521. The molecule has 1 heterocycles. The molecule has 0 spiro atoms. The molecule has 1 saturated heterocycles. The van der Waals surface area contributed by atoms with Crippen molar-refractivity contribution < 1.29 is 19.1 Å². The molecule has 0 bridgehead atoms. The van der Waals surface area contributed by atoms with E-state index in [0.717, 1.165) is 5.56 Å². The van der Waals surface area contributed by atoms with Gasteiger partial charge in [-0.2, -0.15) is 0 Å². The second kappa shape index (κ2) is 6.34. The van der Waals surface area contributed by atoms with E-state index in [4.69, 9.17) is 9.47 Å². The number of carbonyl (C=O) groups excluding carboxylic acids is 2. The summed E-state index contributed by atoms with van der Waals surface area (Å²) in [5.74, 6) is -0.766. The summed E-state index contributed by atoms with van der Waals surface area (Å²) < 4.78 is 9.56. The van der Waals surface area contributed by atoms with Gasteiger partial charge in [0.2, 0.25) is 0 Å². The highest BCUT2D eigenvalue weighted by Crippen LogP contribution is 2.54. The molecule has 1 aromatic carbocycles. The van der Waals surface area contributed by atoms with Crippen molar-refractivity contribution in [1.82, 2.24) is 0 Å². The maximum Gasteiger partial charge on any atom is 0.320 e. The van der Waals surface area contributed by atoms with Crippen LogP contribution in [0.5, 0.6) is 0 Å². The number of esters is 2. The molecule has 1 fully saturated rings. The first-order chi connectivity index (χ1) is 9.17. The third-order valence-corrected chi connectivity index (χ3v) is 6.15. The average Bonchev–Trinajstić information content (AvgIpc) is 2.91. The van der Waals surface area contributed by atoms with Crippen molar-refractivity contribution >= 4 is 35.5 Å². The van der Waals surface area contributed by atoms with Gasteiger partial charge in [0.15, 0.2) is 0 Å². The minimum absolute atomic E-state index is 0.0365. The van der Waals surface area contributed by atoms with Crippen molar-refractivity contribution in [3.63, 3.8) is 0 Å². The number of thioether (sulfide) groups is 2. The highest BCUT2D eigenvalue weighted by atomic mass is 32.2. The van der Waals surface area contributed by atoms with Crippen LogP contribution in [0.4, 0.5) is 0 Å². The number of ether oxygens (including phenoxy) is 2. The van der Waals surface area contributed by atoms with E-state index in [1.54, 1.807) is 0 Å². The summed E-state index contributed by atoms with van der Waals surface area (Å²) in [4.78, 5) is 23.5. The second-order valence-electron chi connectivity index (χ2n) is 3.90. The van der Waals surface area contributed by atoms with Crippen molar-refractivity contribution in [2.75, 3.05) is 14.2 Å². The molecule has 2 atom stereocenters. The fourth-order valence-corrected chi connectivity index (χ4v) is 5.24. The van der Waals surface area contributed by atoms with Crippen LogP contribution in [-0.2, 0) is 19.1 Å². The third-order valence-electron chi connectivity index (χ3n) is 2.75. The Morgan fingerprint density at radius 1 is 0.947 bits per heavy atom. The predicted molar refractivity (Wildman–Crippen MR) is 76.0 cm³/mol. The van der Waals surface area contributed by atoms with E-state index in [1.807, 2.05) is 30.3 Å². The zero-order valence-electron chi connectivity index (χ0n) is 10.6. The van der Waals surface area contributed by atoms with Crippen LogP contribution in [0.2, 0.25) is 0 Å². The largest absolute Gasteiger partial charge is 0.468 e. The molecule has 6 heteroatoms. The summed E-state index contributed by atoms with van der Waals surface area (Å²) in [6.07, 6.45) is 0. The molecular weight excluding hydrogens is 284 g/mol. The maximum atomic E-state index is 11.8. The third kappa shape index (κ3) is 3.06. The van der Waals surface area contributed by atoms with Gasteiger partial charge in [0.1, 0.15) is 10.5 Å². The molecule has 0 radical (unpaired) electrons. The smallest absolute Gasteiger partial charge is 0.320 e. The lowest BCUT2D eigenvalue weighted by atomic mass is 10.2. The summed E-state index contributed by atoms with van der Waals surface area (Å²) in [5.41, 5.74) is 1.08. The number of benzene rings is 1. The molecule has 0 N–H and O–H groups in total. The van der Waals surface area contributed by atoms with Gasteiger partial charge < -0.3 is 9.47 Å². The summed E-state index contributed by atoms with van der Waals surface area (Å²) >= 11 is 2.87. The Morgan fingerprint density at radius 2 is 1.42 bits per heavy atom. The fraction of sp³-hybridized carbons (Fsp3) is 0.385. The second-order valence-corrected chi connectivity index (χ2v) is 6.70. The van der Waals surface area contributed by atoms with Gasteiger partial charge in [0.25, 0.3) is 0 Å². The number of rotatable bonds is 3. The normalized spacial score (nSPS) is 25.9. The van der Waals surface area contributed by atoms with Crippen molar-refractivity contribution in [2.45, 2.75) is 15.1 Å². The van der Waals surface area contributed by atoms with Crippen molar-refractivity contribution in [3.05, 3.63) is 35.9 Å². The minimum Gasteiger partial charge on any atom is -0.468 e. The van der Waals surface area contributed by atoms with Crippen molar-refractivity contribution in [1.29, 1.82) is 0 Å². The average molecular weight is 298 g/mol. The summed E-state index contributed by atoms with van der Waals surface area (Å²) in [7, 11) is 2.66. The molecular formula is C13H14O4S2. The molecule has 1 aliphatic heterocycles. The van der Waals surface area contributed by atoms with E-state index in [1.165, 1.54) is 37.7 Å². The molecule has 19 heavy (non-hydrogen) atoms. The first kappa shape index (κ1) is 14.3. The van der Waals surface area contributed by atoms with Crippen molar-refractivity contribution in [3.8, 4) is 0 Å². The van der Waals surface area contributed by atoms with Crippen LogP contribution in [0, 0.1) is 0 Å². The van der Waals surface area contributed by atoms with Crippen LogP contribution in [0.1, 0.15) is 10.1 Å². The van der Waals surface area contributed by atoms with Gasteiger partial charge in [-0.25, -0.2) is 0 Å². The van der Waals surface area contributed by atoms with Crippen LogP contribution in [0.25, 0.3) is 0 Å². The standard InChI is InChI=1S/C13H14O4S2/c1-16-11(14)9-10(12(15)17-2)19-13(18-9)8-6-4-3-5-7-8/h3-7,9-10,13H,1-2H3. The van der Waals surface area contributed by atoms with E-state index in [-0.39, 0.29) is 16.5 Å². The SMILES string of the molecule is COC(=O)C1SC(c2ccccc2)SC1C(=O)OC. The van der Waals surface area contributed by atoms with Gasteiger partial charge in [-0.1, -0.05) is 30.3 Å².